The van der Waals surface area contributed by atoms with E-state index < -0.39 is 0 Å². The van der Waals surface area contributed by atoms with E-state index in [1.165, 1.54) is 0 Å². The van der Waals surface area contributed by atoms with Crippen LogP contribution in [0.3, 0.4) is 0 Å². The standard InChI is InChI=1S/C12H13ClN2O/c13-7-2-1-3-8(4-7)15-6-10-9(5-14)11(10)12(15)16/h1-4,9-11H,5-6,14H2. The summed E-state index contributed by atoms with van der Waals surface area (Å²) in [6.45, 7) is 1.43. The largest absolute Gasteiger partial charge is 0.330 e. The molecule has 84 valence electrons. The van der Waals surface area contributed by atoms with E-state index in [0.29, 0.717) is 23.4 Å². The van der Waals surface area contributed by atoms with Crippen molar-refractivity contribution in [1.82, 2.24) is 0 Å². The van der Waals surface area contributed by atoms with E-state index >= 15 is 0 Å². The smallest absolute Gasteiger partial charge is 0.230 e. The van der Waals surface area contributed by atoms with Gasteiger partial charge in [0.2, 0.25) is 5.91 Å². The molecule has 0 spiro atoms. The van der Waals surface area contributed by atoms with E-state index in [4.69, 9.17) is 17.3 Å². The van der Waals surface area contributed by atoms with Gasteiger partial charge in [0, 0.05) is 23.2 Å². The molecule has 1 aromatic rings. The summed E-state index contributed by atoms with van der Waals surface area (Å²) in [5.41, 5.74) is 6.51. The number of carbonyl (C=O) groups is 1. The van der Waals surface area contributed by atoms with Gasteiger partial charge in [0.15, 0.2) is 0 Å². The molecule has 1 aromatic carbocycles. The molecule has 1 aliphatic carbocycles. The average molecular weight is 237 g/mol. The average Bonchev–Trinajstić information content (AvgIpc) is 2.88. The minimum absolute atomic E-state index is 0.170. The van der Waals surface area contributed by atoms with Gasteiger partial charge >= 0.3 is 0 Å². The second-order valence-electron chi connectivity index (χ2n) is 4.52. The Hall–Kier alpha value is -1.06. The summed E-state index contributed by atoms with van der Waals surface area (Å²) in [7, 11) is 0. The maximum atomic E-state index is 12.1. The van der Waals surface area contributed by atoms with Gasteiger partial charge in [0.05, 0.1) is 0 Å². The van der Waals surface area contributed by atoms with Crippen molar-refractivity contribution in [3.05, 3.63) is 29.3 Å². The Morgan fingerprint density at radius 3 is 2.88 bits per heavy atom. The first-order chi connectivity index (χ1) is 7.72. The monoisotopic (exact) mass is 236 g/mol. The van der Waals surface area contributed by atoms with Gasteiger partial charge in [-0.25, -0.2) is 0 Å². The second kappa shape index (κ2) is 3.47. The fourth-order valence-corrected chi connectivity index (χ4v) is 2.92. The maximum absolute atomic E-state index is 12.1. The predicted molar refractivity (Wildman–Crippen MR) is 63.3 cm³/mol. The van der Waals surface area contributed by atoms with Crippen LogP contribution >= 0.6 is 11.6 Å². The number of piperidine rings is 1. The molecule has 3 atom stereocenters. The number of fused-ring (bicyclic) bond motifs is 1. The van der Waals surface area contributed by atoms with Gasteiger partial charge in [0.25, 0.3) is 0 Å². The lowest BCUT2D eigenvalue weighted by molar-refractivity contribution is -0.119. The van der Waals surface area contributed by atoms with Gasteiger partial charge in [-0.15, -0.1) is 0 Å². The minimum Gasteiger partial charge on any atom is -0.330 e. The first-order valence-corrected chi connectivity index (χ1v) is 5.87. The SMILES string of the molecule is NCC1C2CN(c3cccc(Cl)c3)C(=O)C12. The van der Waals surface area contributed by atoms with E-state index in [1.54, 1.807) is 0 Å². The highest BCUT2D eigenvalue weighted by atomic mass is 35.5. The van der Waals surface area contributed by atoms with Crippen molar-refractivity contribution in [3.63, 3.8) is 0 Å². The zero-order valence-corrected chi connectivity index (χ0v) is 9.52. The van der Waals surface area contributed by atoms with E-state index in [0.717, 1.165) is 12.2 Å². The van der Waals surface area contributed by atoms with Crippen molar-refractivity contribution in [2.24, 2.45) is 23.5 Å². The van der Waals surface area contributed by atoms with Gasteiger partial charge < -0.3 is 10.6 Å². The summed E-state index contributed by atoms with van der Waals surface area (Å²) in [5, 5.41) is 0.668. The molecule has 1 saturated heterocycles. The van der Waals surface area contributed by atoms with Crippen LogP contribution in [0.25, 0.3) is 0 Å². The zero-order valence-electron chi connectivity index (χ0n) is 8.77. The van der Waals surface area contributed by atoms with Crippen molar-refractivity contribution in [3.8, 4) is 0 Å². The molecule has 1 amide bonds. The number of nitrogens with zero attached hydrogens (tertiary/aromatic N) is 1. The molecule has 1 heterocycles. The van der Waals surface area contributed by atoms with Gasteiger partial charge in [0.1, 0.15) is 0 Å². The molecular weight excluding hydrogens is 224 g/mol. The van der Waals surface area contributed by atoms with E-state index in [9.17, 15) is 4.79 Å². The third-order valence-corrected chi connectivity index (χ3v) is 3.90. The number of benzene rings is 1. The van der Waals surface area contributed by atoms with Crippen LogP contribution in [0.4, 0.5) is 5.69 Å². The van der Waals surface area contributed by atoms with E-state index in [2.05, 4.69) is 0 Å². The van der Waals surface area contributed by atoms with Crippen LogP contribution in [0.2, 0.25) is 5.02 Å². The summed E-state index contributed by atoms with van der Waals surface area (Å²) in [4.78, 5) is 13.9. The molecule has 0 radical (unpaired) electrons. The van der Waals surface area contributed by atoms with Crippen LogP contribution in [0, 0.1) is 17.8 Å². The quantitative estimate of drug-likeness (QED) is 0.846. The summed E-state index contributed by atoms with van der Waals surface area (Å²) in [6.07, 6.45) is 0. The highest BCUT2D eigenvalue weighted by Gasteiger charge is 2.60. The van der Waals surface area contributed by atoms with E-state index in [-0.39, 0.29) is 11.8 Å². The molecule has 16 heavy (non-hydrogen) atoms. The fourth-order valence-electron chi connectivity index (χ4n) is 2.74. The summed E-state index contributed by atoms with van der Waals surface area (Å²) < 4.78 is 0. The number of hydrogen-bond donors (Lipinski definition) is 1. The normalized spacial score (nSPS) is 31.8. The summed E-state index contributed by atoms with van der Waals surface area (Å²) >= 11 is 5.92. The number of amides is 1. The van der Waals surface area contributed by atoms with Gasteiger partial charge in [-0.3, -0.25) is 4.79 Å². The highest BCUT2D eigenvalue weighted by Crippen LogP contribution is 2.52. The van der Waals surface area contributed by atoms with Crippen LogP contribution in [-0.4, -0.2) is 19.0 Å². The molecule has 1 saturated carbocycles. The number of carbonyl (C=O) groups excluding carboxylic acids is 1. The van der Waals surface area contributed by atoms with Crippen molar-refractivity contribution < 1.29 is 4.79 Å². The van der Waals surface area contributed by atoms with Crippen molar-refractivity contribution >= 4 is 23.2 Å². The van der Waals surface area contributed by atoms with Crippen molar-refractivity contribution in [2.75, 3.05) is 18.0 Å². The maximum Gasteiger partial charge on any atom is 0.230 e. The van der Waals surface area contributed by atoms with Crippen LogP contribution in [-0.2, 0) is 4.79 Å². The molecule has 2 N–H and O–H groups in total. The first-order valence-electron chi connectivity index (χ1n) is 5.49. The molecular formula is C12H13ClN2O. The molecule has 3 unspecified atom stereocenters. The lowest BCUT2D eigenvalue weighted by atomic mass is 10.2. The summed E-state index contributed by atoms with van der Waals surface area (Å²) in [5.74, 6) is 1.27. The predicted octanol–water partition coefficient (Wildman–Crippen LogP) is 1.51. The Bertz CT molecular complexity index is 448. The molecule has 0 bridgehead atoms. The fraction of sp³-hybridized carbons (Fsp3) is 0.417. The Labute approximate surface area is 99.2 Å². The Kier molecular flexibility index (Phi) is 2.19. The molecule has 2 fully saturated rings. The number of halogens is 1. The van der Waals surface area contributed by atoms with Crippen molar-refractivity contribution in [1.29, 1.82) is 0 Å². The Morgan fingerprint density at radius 1 is 1.50 bits per heavy atom. The Balaban J connectivity index is 1.82. The van der Waals surface area contributed by atoms with E-state index in [1.807, 2.05) is 29.2 Å². The van der Waals surface area contributed by atoms with Crippen molar-refractivity contribution in [2.45, 2.75) is 0 Å². The molecule has 3 rings (SSSR count). The second-order valence-corrected chi connectivity index (χ2v) is 4.95. The summed E-state index contributed by atoms with van der Waals surface area (Å²) in [6, 6.07) is 7.44. The van der Waals surface area contributed by atoms with Crippen LogP contribution in [0.15, 0.2) is 24.3 Å². The number of anilines is 1. The highest BCUT2D eigenvalue weighted by molar-refractivity contribution is 6.31. The lowest BCUT2D eigenvalue weighted by Gasteiger charge is -2.19. The number of nitrogens with two attached hydrogens (primary N) is 1. The van der Waals surface area contributed by atoms with Gasteiger partial charge in [-0.05, 0) is 36.6 Å². The lowest BCUT2D eigenvalue weighted by Crippen LogP contribution is -2.31. The molecule has 2 aliphatic rings. The first kappa shape index (κ1) is 10.1. The van der Waals surface area contributed by atoms with Crippen LogP contribution in [0.5, 0.6) is 0 Å². The molecule has 3 nitrogen and oxygen atoms in total. The van der Waals surface area contributed by atoms with Crippen LogP contribution in [0.1, 0.15) is 0 Å². The molecule has 4 heteroatoms. The van der Waals surface area contributed by atoms with Crippen LogP contribution < -0.4 is 10.6 Å². The third kappa shape index (κ3) is 1.35. The molecule has 0 aromatic heterocycles. The zero-order chi connectivity index (χ0) is 11.3. The number of rotatable bonds is 2. The topological polar surface area (TPSA) is 46.3 Å². The van der Waals surface area contributed by atoms with Gasteiger partial charge in [-0.2, -0.15) is 0 Å². The van der Waals surface area contributed by atoms with Gasteiger partial charge in [-0.1, -0.05) is 17.7 Å². The molecule has 1 aliphatic heterocycles. The minimum atomic E-state index is 0.170. The number of hydrogen-bond acceptors (Lipinski definition) is 2. The third-order valence-electron chi connectivity index (χ3n) is 3.67. The Morgan fingerprint density at radius 2 is 2.31 bits per heavy atom.